The van der Waals surface area contributed by atoms with Gasteiger partial charge in [-0.3, -0.25) is 24.8 Å². The molecule has 3 aromatic rings. The molecule has 2 N–H and O–H groups in total. The SMILES string of the molecule is O=C(CN1CCOCC1)Nc1cc(C(=O)Nc2nnc(-c3ccncc3)s2)ccc1OC(F)(F)F. The van der Waals surface area contributed by atoms with E-state index in [0.29, 0.717) is 31.3 Å². The van der Waals surface area contributed by atoms with Gasteiger partial charge in [0, 0.05) is 36.6 Å². The van der Waals surface area contributed by atoms with Crippen LogP contribution in [0.3, 0.4) is 0 Å². The third-order valence-electron chi connectivity index (χ3n) is 4.79. The number of carbonyl (C=O) groups excluding carboxylic acids is 2. The lowest BCUT2D eigenvalue weighted by atomic mass is 10.1. The van der Waals surface area contributed by atoms with E-state index in [2.05, 4.69) is 30.6 Å². The average Bonchev–Trinajstić information content (AvgIpc) is 3.29. The summed E-state index contributed by atoms with van der Waals surface area (Å²) in [4.78, 5) is 30.9. The van der Waals surface area contributed by atoms with E-state index in [9.17, 15) is 22.8 Å². The molecule has 0 aliphatic carbocycles. The number of amides is 2. The zero-order chi connectivity index (χ0) is 24.8. The first-order chi connectivity index (χ1) is 16.8. The number of rotatable bonds is 7. The van der Waals surface area contributed by atoms with Crippen LogP contribution in [0.1, 0.15) is 10.4 Å². The largest absolute Gasteiger partial charge is 0.573 e. The Balaban J connectivity index is 1.49. The van der Waals surface area contributed by atoms with E-state index in [1.165, 1.54) is 0 Å². The number of halogens is 3. The molecule has 2 aromatic heterocycles. The first kappa shape index (κ1) is 24.5. The summed E-state index contributed by atoms with van der Waals surface area (Å²) in [5.74, 6) is -1.84. The number of pyridine rings is 1. The monoisotopic (exact) mass is 508 g/mol. The number of benzene rings is 1. The molecule has 1 aliphatic rings. The second-order valence-electron chi connectivity index (χ2n) is 7.30. The highest BCUT2D eigenvalue weighted by atomic mass is 32.1. The standard InChI is InChI=1S/C21H19F3N6O4S/c22-21(23,24)34-16-2-1-14(11-15(16)26-17(31)12-30-7-9-33-10-8-30)18(32)27-20-29-28-19(35-20)13-3-5-25-6-4-13/h1-6,11H,7-10,12H2,(H,26,31)(H,27,29,32). The van der Waals surface area contributed by atoms with Crippen molar-refractivity contribution in [2.24, 2.45) is 0 Å². The summed E-state index contributed by atoms with van der Waals surface area (Å²) >= 11 is 1.11. The summed E-state index contributed by atoms with van der Waals surface area (Å²) in [5.41, 5.74) is 0.460. The number of morpholine rings is 1. The van der Waals surface area contributed by atoms with Gasteiger partial charge in [0.2, 0.25) is 11.0 Å². The predicted octanol–water partition coefficient (Wildman–Crippen LogP) is 3.02. The minimum atomic E-state index is -4.98. The van der Waals surface area contributed by atoms with Crippen LogP contribution in [-0.2, 0) is 9.53 Å². The average molecular weight is 508 g/mol. The summed E-state index contributed by atoms with van der Waals surface area (Å²) in [6.07, 6.45) is -1.80. The highest BCUT2D eigenvalue weighted by molar-refractivity contribution is 7.18. The molecule has 0 atom stereocenters. The molecule has 35 heavy (non-hydrogen) atoms. The van der Waals surface area contributed by atoms with Gasteiger partial charge in [-0.1, -0.05) is 11.3 Å². The van der Waals surface area contributed by atoms with Crippen molar-refractivity contribution in [3.05, 3.63) is 48.3 Å². The van der Waals surface area contributed by atoms with Gasteiger partial charge in [0.1, 0.15) is 5.01 Å². The first-order valence-corrected chi connectivity index (χ1v) is 11.1. The highest BCUT2D eigenvalue weighted by Gasteiger charge is 2.32. The second kappa shape index (κ2) is 10.8. The van der Waals surface area contributed by atoms with Crippen LogP contribution in [0.15, 0.2) is 42.7 Å². The van der Waals surface area contributed by atoms with Crippen LogP contribution in [0.5, 0.6) is 5.75 Å². The smallest absolute Gasteiger partial charge is 0.404 e. The van der Waals surface area contributed by atoms with E-state index in [1.807, 2.05) is 0 Å². The van der Waals surface area contributed by atoms with Gasteiger partial charge in [-0.15, -0.1) is 23.4 Å². The number of ether oxygens (including phenoxy) is 2. The van der Waals surface area contributed by atoms with Crippen LogP contribution in [0, 0.1) is 0 Å². The Labute approximate surface area is 201 Å². The van der Waals surface area contributed by atoms with Crippen molar-refractivity contribution in [3.8, 4) is 16.3 Å². The maximum Gasteiger partial charge on any atom is 0.573 e. The number of alkyl halides is 3. The summed E-state index contributed by atoms with van der Waals surface area (Å²) in [5, 5.41) is 13.6. The van der Waals surface area contributed by atoms with Crippen LogP contribution in [0.4, 0.5) is 24.0 Å². The van der Waals surface area contributed by atoms with Gasteiger partial charge < -0.3 is 14.8 Å². The molecule has 1 saturated heterocycles. The highest BCUT2D eigenvalue weighted by Crippen LogP contribution is 2.32. The maximum atomic E-state index is 12.9. The van der Waals surface area contributed by atoms with E-state index in [0.717, 1.165) is 35.1 Å². The maximum absolute atomic E-state index is 12.9. The molecule has 1 fully saturated rings. The quantitative estimate of drug-likeness (QED) is 0.500. The van der Waals surface area contributed by atoms with Crippen LogP contribution < -0.4 is 15.4 Å². The van der Waals surface area contributed by atoms with Crippen molar-refractivity contribution in [3.63, 3.8) is 0 Å². The zero-order valence-electron chi connectivity index (χ0n) is 18.0. The number of anilines is 2. The van der Waals surface area contributed by atoms with Crippen molar-refractivity contribution < 1.29 is 32.2 Å². The molecule has 3 heterocycles. The normalized spacial score (nSPS) is 14.4. The van der Waals surface area contributed by atoms with E-state index in [4.69, 9.17) is 4.74 Å². The summed E-state index contributed by atoms with van der Waals surface area (Å²) < 4.78 is 47.8. The van der Waals surface area contributed by atoms with Crippen LogP contribution in [0.25, 0.3) is 10.6 Å². The number of hydrogen-bond donors (Lipinski definition) is 2. The van der Waals surface area contributed by atoms with E-state index < -0.39 is 23.9 Å². The van der Waals surface area contributed by atoms with E-state index in [-0.39, 0.29) is 22.9 Å². The Kier molecular flexibility index (Phi) is 7.53. The van der Waals surface area contributed by atoms with Crippen LogP contribution in [0.2, 0.25) is 0 Å². The van der Waals surface area contributed by atoms with Crippen LogP contribution in [-0.4, -0.2) is 71.1 Å². The molecule has 0 radical (unpaired) electrons. The Bertz CT molecular complexity index is 1190. The minimum absolute atomic E-state index is 0.0122. The van der Waals surface area contributed by atoms with Crippen molar-refractivity contribution in [2.45, 2.75) is 6.36 Å². The topological polar surface area (TPSA) is 119 Å². The lowest BCUT2D eigenvalue weighted by molar-refractivity contribution is -0.274. The fourth-order valence-corrected chi connectivity index (χ4v) is 3.93. The Morgan fingerprint density at radius 2 is 1.83 bits per heavy atom. The molecule has 0 unspecified atom stereocenters. The summed E-state index contributed by atoms with van der Waals surface area (Å²) in [7, 11) is 0. The Morgan fingerprint density at radius 3 is 2.54 bits per heavy atom. The van der Waals surface area contributed by atoms with Crippen molar-refractivity contribution in [1.29, 1.82) is 0 Å². The van der Waals surface area contributed by atoms with Gasteiger partial charge in [-0.05, 0) is 30.3 Å². The van der Waals surface area contributed by atoms with Gasteiger partial charge in [0.25, 0.3) is 5.91 Å². The predicted molar refractivity (Wildman–Crippen MR) is 120 cm³/mol. The van der Waals surface area contributed by atoms with Gasteiger partial charge >= 0.3 is 6.36 Å². The van der Waals surface area contributed by atoms with Gasteiger partial charge in [0.05, 0.1) is 25.4 Å². The lowest BCUT2D eigenvalue weighted by Crippen LogP contribution is -2.41. The molecular formula is C21H19F3N6O4S. The van der Waals surface area contributed by atoms with Crippen LogP contribution >= 0.6 is 11.3 Å². The third-order valence-corrected chi connectivity index (χ3v) is 5.67. The van der Waals surface area contributed by atoms with Gasteiger partial charge in [-0.2, -0.15) is 0 Å². The van der Waals surface area contributed by atoms with Crippen molar-refractivity contribution >= 4 is 34.0 Å². The number of nitrogens with zero attached hydrogens (tertiary/aromatic N) is 4. The molecule has 14 heteroatoms. The van der Waals surface area contributed by atoms with E-state index in [1.54, 1.807) is 29.4 Å². The number of hydrogen-bond acceptors (Lipinski definition) is 9. The molecule has 4 rings (SSSR count). The Morgan fingerprint density at radius 1 is 1.09 bits per heavy atom. The first-order valence-electron chi connectivity index (χ1n) is 10.3. The van der Waals surface area contributed by atoms with Gasteiger partial charge in [-0.25, -0.2) is 0 Å². The van der Waals surface area contributed by atoms with E-state index >= 15 is 0 Å². The molecule has 0 bridgehead atoms. The number of aromatic nitrogens is 3. The molecule has 2 amide bonds. The summed E-state index contributed by atoms with van der Waals surface area (Å²) in [6, 6.07) is 6.70. The minimum Gasteiger partial charge on any atom is -0.404 e. The number of nitrogens with one attached hydrogen (secondary N) is 2. The molecule has 10 nitrogen and oxygen atoms in total. The fourth-order valence-electron chi connectivity index (χ4n) is 3.19. The fraction of sp³-hybridized carbons (Fsp3) is 0.286. The lowest BCUT2D eigenvalue weighted by Gasteiger charge is -2.26. The molecule has 184 valence electrons. The number of carbonyl (C=O) groups is 2. The third kappa shape index (κ3) is 6.94. The zero-order valence-corrected chi connectivity index (χ0v) is 18.9. The van der Waals surface area contributed by atoms with Crippen molar-refractivity contribution in [2.75, 3.05) is 43.5 Å². The second-order valence-corrected chi connectivity index (χ2v) is 8.28. The molecule has 1 aliphatic heterocycles. The molecule has 0 spiro atoms. The van der Waals surface area contributed by atoms with Crippen molar-refractivity contribution in [1.82, 2.24) is 20.1 Å². The Hall–Kier alpha value is -3.62. The molecular weight excluding hydrogens is 489 g/mol. The molecule has 1 aromatic carbocycles. The van der Waals surface area contributed by atoms with Gasteiger partial charge in [0.15, 0.2) is 5.75 Å². The molecule has 0 saturated carbocycles. The summed E-state index contributed by atoms with van der Waals surface area (Å²) in [6.45, 7) is 1.91.